The van der Waals surface area contributed by atoms with Gasteiger partial charge in [-0.3, -0.25) is 9.59 Å². The summed E-state index contributed by atoms with van der Waals surface area (Å²) in [7, 11) is 0. The average Bonchev–Trinajstić information content (AvgIpc) is 3.00. The minimum Gasteiger partial charge on any atom is -0.481 e. The second-order valence-electron chi connectivity index (χ2n) is 5.84. The van der Waals surface area contributed by atoms with E-state index in [2.05, 4.69) is 15.0 Å². The van der Waals surface area contributed by atoms with Gasteiger partial charge < -0.3 is 19.9 Å². The normalized spacial score (nSPS) is 20.2. The summed E-state index contributed by atoms with van der Waals surface area (Å²) in [6, 6.07) is 2.27. The number of carbonyl (C=O) groups is 2. The molecule has 1 fully saturated rings. The quantitative estimate of drug-likeness (QED) is 0.667. The van der Waals surface area contributed by atoms with Crippen LogP contribution in [0, 0.1) is 0 Å². The van der Waals surface area contributed by atoms with Gasteiger partial charge >= 0.3 is 18.3 Å². The molecule has 0 spiro atoms. The van der Waals surface area contributed by atoms with Crippen molar-refractivity contribution >= 4 is 11.9 Å². The van der Waals surface area contributed by atoms with Gasteiger partial charge in [-0.25, -0.2) is 13.8 Å². The smallest absolute Gasteiger partial charge is 0.340 e. The van der Waals surface area contributed by atoms with Crippen LogP contribution in [-0.4, -0.2) is 59.7 Å². The lowest BCUT2D eigenvalue weighted by atomic mass is 9.94. The Morgan fingerprint density at radius 3 is 2.65 bits per heavy atom. The van der Waals surface area contributed by atoms with Gasteiger partial charge in [-0.15, -0.1) is 0 Å². The van der Waals surface area contributed by atoms with Crippen LogP contribution in [-0.2, 0) is 9.53 Å². The van der Waals surface area contributed by atoms with Crippen molar-refractivity contribution in [1.82, 2.24) is 10.3 Å². The van der Waals surface area contributed by atoms with Gasteiger partial charge in [-0.2, -0.15) is 8.78 Å². The molecule has 1 aliphatic heterocycles. The van der Waals surface area contributed by atoms with Crippen LogP contribution in [0.3, 0.4) is 0 Å². The van der Waals surface area contributed by atoms with Crippen molar-refractivity contribution in [1.29, 1.82) is 0 Å². The van der Waals surface area contributed by atoms with Crippen molar-refractivity contribution in [3.05, 3.63) is 23.9 Å². The molecule has 1 saturated heterocycles. The second-order valence-corrected chi connectivity index (χ2v) is 5.84. The predicted octanol–water partition coefficient (Wildman–Crippen LogP) is 1.72. The monoisotopic (exact) mass is 380 g/mol. The first kappa shape index (κ1) is 19.9. The zero-order valence-corrected chi connectivity index (χ0v) is 13.4. The van der Waals surface area contributed by atoms with E-state index in [1.807, 2.05) is 0 Å². The lowest BCUT2D eigenvalue weighted by molar-refractivity contribution is -0.148. The van der Waals surface area contributed by atoms with Crippen molar-refractivity contribution < 1.29 is 41.7 Å². The molecule has 1 amide bonds. The molecule has 0 bridgehead atoms. The van der Waals surface area contributed by atoms with Crippen molar-refractivity contribution in [3.8, 4) is 5.88 Å². The van der Waals surface area contributed by atoms with Crippen molar-refractivity contribution in [3.63, 3.8) is 0 Å². The van der Waals surface area contributed by atoms with Crippen LogP contribution in [0.2, 0.25) is 0 Å². The zero-order chi connectivity index (χ0) is 19.4. The van der Waals surface area contributed by atoms with E-state index >= 15 is 0 Å². The Bertz CT molecular complexity index is 648. The van der Waals surface area contributed by atoms with Crippen molar-refractivity contribution in [2.24, 2.45) is 0 Å². The Labute approximate surface area is 145 Å². The maximum absolute atomic E-state index is 12.8. The number of ether oxygens (including phenoxy) is 2. The Morgan fingerprint density at radius 2 is 2.15 bits per heavy atom. The van der Waals surface area contributed by atoms with Crippen LogP contribution in [0.25, 0.3) is 0 Å². The molecular formula is C15H16F4N2O5. The molecule has 1 aromatic rings. The molecule has 1 atom stereocenters. The number of carbonyl (C=O) groups excluding carboxylic acids is 1. The summed E-state index contributed by atoms with van der Waals surface area (Å²) in [4.78, 5) is 26.8. The van der Waals surface area contributed by atoms with Gasteiger partial charge in [0.05, 0.1) is 24.1 Å². The molecular weight excluding hydrogens is 364 g/mol. The molecule has 0 aromatic carbocycles. The topological polar surface area (TPSA) is 97.8 Å². The lowest BCUT2D eigenvalue weighted by Gasteiger charge is -2.26. The number of aliphatic carboxylic acids is 1. The minimum absolute atomic E-state index is 0.0228. The number of pyridine rings is 1. The molecule has 7 nitrogen and oxygen atoms in total. The third kappa shape index (κ3) is 5.04. The molecule has 2 N–H and O–H groups in total. The standard InChI is InChI=1S/C15H16F4N2O5/c16-13(17)15(18,19)8-26-10-2-1-9(6-20-10)12(24)21-14(5-11(22)23)3-4-25-7-14/h1-2,6,13H,3-5,7-8H2,(H,21,24)(H,22,23). The summed E-state index contributed by atoms with van der Waals surface area (Å²) in [5, 5.41) is 11.6. The van der Waals surface area contributed by atoms with Gasteiger partial charge in [-0.05, 0) is 12.5 Å². The molecule has 0 saturated carbocycles. The third-order valence-corrected chi connectivity index (χ3v) is 3.70. The molecule has 144 valence electrons. The van der Waals surface area contributed by atoms with E-state index in [9.17, 15) is 27.2 Å². The van der Waals surface area contributed by atoms with E-state index < -0.39 is 36.4 Å². The Kier molecular flexibility index (Phi) is 6.01. The summed E-state index contributed by atoms with van der Waals surface area (Å²) in [6.45, 7) is -1.21. The number of rotatable bonds is 8. The average molecular weight is 380 g/mol. The first-order valence-corrected chi connectivity index (χ1v) is 7.50. The van der Waals surface area contributed by atoms with Gasteiger partial charge in [0.15, 0.2) is 6.61 Å². The largest absolute Gasteiger partial charge is 0.481 e. The van der Waals surface area contributed by atoms with E-state index in [0.29, 0.717) is 13.0 Å². The molecule has 0 aliphatic carbocycles. The fourth-order valence-electron chi connectivity index (χ4n) is 2.33. The molecule has 1 aliphatic rings. The maximum Gasteiger partial charge on any atom is 0.340 e. The summed E-state index contributed by atoms with van der Waals surface area (Å²) < 4.78 is 59.3. The summed E-state index contributed by atoms with van der Waals surface area (Å²) >= 11 is 0. The highest BCUT2D eigenvalue weighted by molar-refractivity contribution is 5.94. The van der Waals surface area contributed by atoms with Crippen LogP contribution in [0.1, 0.15) is 23.2 Å². The van der Waals surface area contributed by atoms with Crippen LogP contribution in [0.4, 0.5) is 17.6 Å². The molecule has 26 heavy (non-hydrogen) atoms. The van der Waals surface area contributed by atoms with Crippen LogP contribution in [0.15, 0.2) is 18.3 Å². The van der Waals surface area contributed by atoms with E-state index in [1.54, 1.807) is 0 Å². The Balaban J connectivity index is 1.99. The number of hydrogen-bond donors (Lipinski definition) is 2. The number of halogens is 4. The molecule has 2 rings (SSSR count). The number of carboxylic acids is 1. The van der Waals surface area contributed by atoms with Gasteiger partial charge in [0, 0.05) is 18.9 Å². The van der Waals surface area contributed by atoms with E-state index in [0.717, 1.165) is 12.3 Å². The number of hydrogen-bond acceptors (Lipinski definition) is 5. The first-order chi connectivity index (χ1) is 12.1. The maximum atomic E-state index is 12.8. The number of nitrogens with zero attached hydrogens (tertiary/aromatic N) is 1. The first-order valence-electron chi connectivity index (χ1n) is 7.50. The lowest BCUT2D eigenvalue weighted by Crippen LogP contribution is -2.50. The minimum atomic E-state index is -4.32. The second kappa shape index (κ2) is 7.85. The number of amides is 1. The number of carboxylic acid groups (broad SMARTS) is 1. The Morgan fingerprint density at radius 1 is 1.42 bits per heavy atom. The summed E-state index contributed by atoms with van der Waals surface area (Å²) in [5.74, 6) is -6.40. The number of nitrogens with one attached hydrogen (secondary N) is 1. The van der Waals surface area contributed by atoms with Gasteiger partial charge in [0.1, 0.15) is 0 Å². The highest BCUT2D eigenvalue weighted by atomic mass is 19.3. The summed E-state index contributed by atoms with van der Waals surface area (Å²) in [5.41, 5.74) is -1.02. The number of alkyl halides is 4. The third-order valence-electron chi connectivity index (χ3n) is 3.70. The number of aromatic nitrogens is 1. The predicted molar refractivity (Wildman–Crippen MR) is 78.6 cm³/mol. The SMILES string of the molecule is O=C(O)CC1(NC(=O)c2ccc(OCC(F)(F)C(F)F)nc2)CCOC1. The van der Waals surface area contributed by atoms with Crippen LogP contribution >= 0.6 is 0 Å². The molecule has 1 aromatic heterocycles. The van der Waals surface area contributed by atoms with Gasteiger partial charge in [0.25, 0.3) is 5.91 Å². The molecule has 1 unspecified atom stereocenters. The van der Waals surface area contributed by atoms with Crippen molar-refractivity contribution in [2.45, 2.75) is 30.7 Å². The zero-order valence-electron chi connectivity index (χ0n) is 13.4. The fourth-order valence-corrected chi connectivity index (χ4v) is 2.33. The van der Waals surface area contributed by atoms with E-state index in [-0.39, 0.29) is 24.5 Å². The van der Waals surface area contributed by atoms with Crippen molar-refractivity contribution in [2.75, 3.05) is 19.8 Å². The molecule has 0 radical (unpaired) electrons. The summed E-state index contributed by atoms with van der Waals surface area (Å²) in [6.07, 6.45) is -2.86. The molecule has 11 heteroatoms. The highest BCUT2D eigenvalue weighted by Gasteiger charge is 2.42. The Hall–Kier alpha value is -2.43. The van der Waals surface area contributed by atoms with Gasteiger partial charge in [-0.1, -0.05) is 0 Å². The van der Waals surface area contributed by atoms with E-state index in [4.69, 9.17) is 9.84 Å². The fraction of sp³-hybridized carbons (Fsp3) is 0.533. The van der Waals surface area contributed by atoms with Gasteiger partial charge in [0.2, 0.25) is 5.88 Å². The van der Waals surface area contributed by atoms with E-state index in [1.165, 1.54) is 6.07 Å². The molecule has 2 heterocycles. The van der Waals surface area contributed by atoms with Crippen LogP contribution < -0.4 is 10.1 Å². The van der Waals surface area contributed by atoms with Crippen LogP contribution in [0.5, 0.6) is 5.88 Å². The highest BCUT2D eigenvalue weighted by Crippen LogP contribution is 2.25.